The molecule has 0 saturated heterocycles. The number of nitrogens with one attached hydrogen (secondary N) is 1. The van der Waals surface area contributed by atoms with E-state index in [0.717, 1.165) is 29.2 Å². The molecule has 1 heterocycles. The van der Waals surface area contributed by atoms with E-state index in [-0.39, 0.29) is 6.04 Å². The fourth-order valence-corrected chi connectivity index (χ4v) is 2.23. The Morgan fingerprint density at radius 3 is 2.63 bits per heavy atom. The Hall–Kier alpha value is -1.58. The fourth-order valence-electron chi connectivity index (χ4n) is 2.10. The summed E-state index contributed by atoms with van der Waals surface area (Å²) in [7, 11) is 0. The van der Waals surface area contributed by atoms with Crippen LogP contribution in [0.5, 0.6) is 0 Å². The zero-order valence-corrected chi connectivity index (χ0v) is 11.7. The van der Waals surface area contributed by atoms with Gasteiger partial charge in [0.05, 0.1) is 0 Å². The maximum absolute atomic E-state index is 6.03. The van der Waals surface area contributed by atoms with Gasteiger partial charge < -0.3 is 11.1 Å². The zero-order valence-electron chi connectivity index (χ0n) is 10.9. The van der Waals surface area contributed by atoms with Crippen LogP contribution in [0.15, 0.2) is 42.7 Å². The molecule has 0 aliphatic heterocycles. The van der Waals surface area contributed by atoms with Crippen molar-refractivity contribution in [1.29, 1.82) is 0 Å². The van der Waals surface area contributed by atoms with E-state index in [1.807, 2.05) is 36.5 Å². The molecule has 4 heteroatoms. The monoisotopic (exact) mass is 275 g/mol. The molecule has 3 nitrogen and oxygen atoms in total. The minimum absolute atomic E-state index is 0.167. The van der Waals surface area contributed by atoms with E-state index in [0.29, 0.717) is 0 Å². The van der Waals surface area contributed by atoms with Crippen LogP contribution in [-0.2, 0) is 6.42 Å². The van der Waals surface area contributed by atoms with Crippen LogP contribution in [0.3, 0.4) is 0 Å². The average molecular weight is 276 g/mol. The first-order valence-electron chi connectivity index (χ1n) is 6.38. The lowest BCUT2D eigenvalue weighted by Gasteiger charge is -2.19. The third-order valence-electron chi connectivity index (χ3n) is 3.07. The standard InChI is InChI=1S/C15H18ClN3/c1-2-19-15(13-10-18-8-7-14(13)17)9-11-3-5-12(16)6-4-11/h3-8,10,15,19H,2,9H2,1H3,(H2,17,18). The van der Waals surface area contributed by atoms with Crippen molar-refractivity contribution in [3.8, 4) is 0 Å². The van der Waals surface area contributed by atoms with E-state index in [1.54, 1.807) is 6.20 Å². The molecule has 0 bridgehead atoms. The summed E-state index contributed by atoms with van der Waals surface area (Å²) < 4.78 is 0. The van der Waals surface area contributed by atoms with Gasteiger partial charge in [0.2, 0.25) is 0 Å². The van der Waals surface area contributed by atoms with Gasteiger partial charge in [-0.1, -0.05) is 30.7 Å². The number of aromatic nitrogens is 1. The summed E-state index contributed by atoms with van der Waals surface area (Å²) >= 11 is 5.91. The lowest BCUT2D eigenvalue weighted by molar-refractivity contribution is 0.550. The number of hydrogen-bond acceptors (Lipinski definition) is 3. The summed E-state index contributed by atoms with van der Waals surface area (Å²) in [5, 5.41) is 4.20. The molecule has 19 heavy (non-hydrogen) atoms. The Morgan fingerprint density at radius 2 is 2.00 bits per heavy atom. The minimum atomic E-state index is 0.167. The van der Waals surface area contributed by atoms with Crippen molar-refractivity contribution in [3.63, 3.8) is 0 Å². The molecule has 100 valence electrons. The molecule has 0 aliphatic carbocycles. The van der Waals surface area contributed by atoms with Crippen LogP contribution < -0.4 is 11.1 Å². The lowest BCUT2D eigenvalue weighted by Crippen LogP contribution is -2.24. The molecule has 0 saturated carbocycles. The fraction of sp³-hybridized carbons (Fsp3) is 0.267. The van der Waals surface area contributed by atoms with Gasteiger partial charge in [-0.3, -0.25) is 4.98 Å². The van der Waals surface area contributed by atoms with Gasteiger partial charge in [0.25, 0.3) is 0 Å². The highest BCUT2D eigenvalue weighted by Crippen LogP contribution is 2.23. The normalized spacial score (nSPS) is 12.3. The number of hydrogen-bond donors (Lipinski definition) is 2. The molecule has 2 aromatic rings. The van der Waals surface area contributed by atoms with Crippen LogP contribution in [0.2, 0.25) is 5.02 Å². The maximum atomic E-state index is 6.03. The van der Waals surface area contributed by atoms with E-state index in [9.17, 15) is 0 Å². The van der Waals surface area contributed by atoms with Gasteiger partial charge in [0.15, 0.2) is 0 Å². The second kappa shape index (κ2) is 6.55. The van der Waals surface area contributed by atoms with Crippen LogP contribution >= 0.6 is 11.6 Å². The topological polar surface area (TPSA) is 50.9 Å². The first kappa shape index (κ1) is 13.8. The van der Waals surface area contributed by atoms with Crippen LogP contribution in [0, 0.1) is 0 Å². The van der Waals surface area contributed by atoms with E-state index in [1.165, 1.54) is 5.56 Å². The molecule has 0 amide bonds. The number of nitrogens with zero attached hydrogens (tertiary/aromatic N) is 1. The van der Waals surface area contributed by atoms with Crippen molar-refractivity contribution < 1.29 is 0 Å². The van der Waals surface area contributed by atoms with Crippen molar-refractivity contribution in [1.82, 2.24) is 10.3 Å². The number of pyridine rings is 1. The molecular formula is C15H18ClN3. The van der Waals surface area contributed by atoms with E-state index in [2.05, 4.69) is 17.2 Å². The molecule has 0 aliphatic rings. The summed E-state index contributed by atoms with van der Waals surface area (Å²) in [6, 6.07) is 9.90. The summed E-state index contributed by atoms with van der Waals surface area (Å²) in [4.78, 5) is 4.16. The predicted molar refractivity (Wildman–Crippen MR) is 80.2 cm³/mol. The molecule has 1 unspecified atom stereocenters. The molecule has 1 aromatic carbocycles. The highest BCUT2D eigenvalue weighted by Gasteiger charge is 2.14. The van der Waals surface area contributed by atoms with E-state index < -0.39 is 0 Å². The quantitative estimate of drug-likeness (QED) is 0.881. The summed E-state index contributed by atoms with van der Waals surface area (Å²) in [5.74, 6) is 0. The van der Waals surface area contributed by atoms with Crippen molar-refractivity contribution in [2.75, 3.05) is 12.3 Å². The second-order valence-electron chi connectivity index (χ2n) is 4.45. The number of halogens is 1. The first-order valence-corrected chi connectivity index (χ1v) is 6.75. The van der Waals surface area contributed by atoms with Crippen molar-refractivity contribution in [3.05, 3.63) is 58.9 Å². The molecule has 3 N–H and O–H groups in total. The van der Waals surface area contributed by atoms with Crippen LogP contribution in [0.4, 0.5) is 5.69 Å². The Labute approximate surface area is 118 Å². The third-order valence-corrected chi connectivity index (χ3v) is 3.32. The first-order chi connectivity index (χ1) is 9.20. The predicted octanol–water partition coefficient (Wildman–Crippen LogP) is 3.21. The van der Waals surface area contributed by atoms with Gasteiger partial charge in [-0.25, -0.2) is 0 Å². The zero-order chi connectivity index (χ0) is 13.7. The van der Waals surface area contributed by atoms with Crippen molar-refractivity contribution in [2.45, 2.75) is 19.4 Å². The Morgan fingerprint density at radius 1 is 1.26 bits per heavy atom. The molecular weight excluding hydrogens is 258 g/mol. The van der Waals surface area contributed by atoms with Crippen LogP contribution in [0.1, 0.15) is 24.1 Å². The highest BCUT2D eigenvalue weighted by atomic mass is 35.5. The van der Waals surface area contributed by atoms with Crippen molar-refractivity contribution in [2.24, 2.45) is 0 Å². The van der Waals surface area contributed by atoms with Gasteiger partial charge in [0.1, 0.15) is 0 Å². The molecule has 1 aromatic heterocycles. The number of rotatable bonds is 5. The highest BCUT2D eigenvalue weighted by molar-refractivity contribution is 6.30. The molecule has 0 radical (unpaired) electrons. The lowest BCUT2D eigenvalue weighted by atomic mass is 9.99. The van der Waals surface area contributed by atoms with Crippen LogP contribution in [-0.4, -0.2) is 11.5 Å². The minimum Gasteiger partial charge on any atom is -0.398 e. The maximum Gasteiger partial charge on any atom is 0.0406 e. The van der Waals surface area contributed by atoms with Gasteiger partial charge >= 0.3 is 0 Å². The number of nitrogen functional groups attached to an aromatic ring is 1. The van der Waals surface area contributed by atoms with Crippen molar-refractivity contribution >= 4 is 17.3 Å². The molecule has 2 rings (SSSR count). The summed E-state index contributed by atoms with van der Waals surface area (Å²) in [6.07, 6.45) is 4.41. The van der Waals surface area contributed by atoms with Crippen LogP contribution in [0.25, 0.3) is 0 Å². The van der Waals surface area contributed by atoms with Gasteiger partial charge in [-0.15, -0.1) is 0 Å². The Kier molecular flexibility index (Phi) is 4.77. The largest absolute Gasteiger partial charge is 0.398 e. The molecule has 0 fully saturated rings. The second-order valence-corrected chi connectivity index (χ2v) is 4.88. The summed E-state index contributed by atoms with van der Waals surface area (Å²) in [5.41, 5.74) is 9.06. The van der Waals surface area contributed by atoms with Gasteiger partial charge in [-0.05, 0) is 36.7 Å². The number of nitrogens with two attached hydrogens (primary N) is 1. The Bertz CT molecular complexity index is 525. The van der Waals surface area contributed by atoms with Gasteiger partial charge in [0, 0.05) is 34.7 Å². The van der Waals surface area contributed by atoms with E-state index in [4.69, 9.17) is 17.3 Å². The number of likely N-dealkylation sites (N-methyl/N-ethyl adjacent to an activating group) is 1. The third kappa shape index (κ3) is 3.69. The van der Waals surface area contributed by atoms with E-state index >= 15 is 0 Å². The number of benzene rings is 1. The smallest absolute Gasteiger partial charge is 0.0406 e. The molecule has 0 spiro atoms. The summed E-state index contributed by atoms with van der Waals surface area (Å²) in [6.45, 7) is 2.97. The Balaban J connectivity index is 2.21. The SMILES string of the molecule is CCNC(Cc1ccc(Cl)cc1)c1cnccc1N. The number of anilines is 1. The molecule has 1 atom stereocenters. The van der Waals surface area contributed by atoms with Gasteiger partial charge in [-0.2, -0.15) is 0 Å². The average Bonchev–Trinajstić information content (AvgIpc) is 2.41.